The molecule has 0 aliphatic rings. The molecular weight excluding hydrogens is 316 g/mol. The smallest absolute Gasteiger partial charge is 0.223 e. The molecule has 2 rings (SSSR count). The molecule has 24 heavy (non-hydrogen) atoms. The molecule has 0 aliphatic heterocycles. The molecule has 0 spiro atoms. The number of rotatable bonds is 7. The Bertz CT molecular complexity index is 690. The molecule has 2 N–H and O–H groups in total. The van der Waals surface area contributed by atoms with Crippen LogP contribution >= 0.6 is 0 Å². The van der Waals surface area contributed by atoms with Crippen LogP contribution in [-0.4, -0.2) is 24.2 Å². The zero-order chi connectivity index (χ0) is 17.6. The summed E-state index contributed by atoms with van der Waals surface area (Å²) in [6.07, 6.45) is -0.0950. The van der Waals surface area contributed by atoms with Crippen LogP contribution in [0.2, 0.25) is 0 Å². The summed E-state index contributed by atoms with van der Waals surface area (Å²) < 4.78 is 31.0. The van der Waals surface area contributed by atoms with Crippen LogP contribution in [0.25, 0.3) is 0 Å². The van der Waals surface area contributed by atoms with E-state index in [1.165, 1.54) is 6.07 Å². The average Bonchev–Trinajstić information content (AvgIpc) is 2.55. The summed E-state index contributed by atoms with van der Waals surface area (Å²) in [5.74, 6) is -2.09. The van der Waals surface area contributed by atoms with Gasteiger partial charge in [-0.25, -0.2) is 8.78 Å². The Kier molecular flexibility index (Phi) is 5.87. The third kappa shape index (κ3) is 5.03. The van der Waals surface area contributed by atoms with Gasteiger partial charge >= 0.3 is 0 Å². The average molecular weight is 335 g/mol. The minimum Gasteiger partial charge on any atom is -0.492 e. The molecule has 0 saturated carbocycles. The van der Waals surface area contributed by atoms with Crippen LogP contribution in [0.3, 0.4) is 0 Å². The van der Waals surface area contributed by atoms with E-state index >= 15 is 0 Å². The Hall–Kier alpha value is -2.47. The summed E-state index contributed by atoms with van der Waals surface area (Å²) in [5.41, 5.74) is -0.620. The first-order chi connectivity index (χ1) is 11.4. The molecule has 0 saturated heterocycles. The molecule has 2 aromatic rings. The second-order valence-corrected chi connectivity index (χ2v) is 5.59. The van der Waals surface area contributed by atoms with Gasteiger partial charge < -0.3 is 15.2 Å². The standard InChI is InChI=1S/C18H19F2NO3/c1-18(23,13-5-3-2-4-6-13)12-17(22)21-9-10-24-14-7-8-15(19)16(20)11-14/h2-8,11,23H,9-10,12H2,1H3,(H,21,22). The summed E-state index contributed by atoms with van der Waals surface area (Å²) in [6, 6.07) is 12.1. The molecule has 1 unspecified atom stereocenters. The van der Waals surface area contributed by atoms with E-state index in [2.05, 4.69) is 5.32 Å². The quantitative estimate of drug-likeness (QED) is 0.765. The lowest BCUT2D eigenvalue weighted by Crippen LogP contribution is -2.34. The highest BCUT2D eigenvalue weighted by Gasteiger charge is 2.26. The van der Waals surface area contributed by atoms with Gasteiger partial charge in [-0.15, -0.1) is 0 Å². The summed E-state index contributed by atoms with van der Waals surface area (Å²) in [7, 11) is 0. The van der Waals surface area contributed by atoms with Crippen molar-refractivity contribution in [2.75, 3.05) is 13.2 Å². The SMILES string of the molecule is CC(O)(CC(=O)NCCOc1ccc(F)c(F)c1)c1ccccc1. The molecule has 1 amide bonds. The van der Waals surface area contributed by atoms with Crippen molar-refractivity contribution in [2.24, 2.45) is 0 Å². The van der Waals surface area contributed by atoms with Crippen molar-refractivity contribution in [1.29, 1.82) is 0 Å². The summed E-state index contributed by atoms with van der Waals surface area (Å²) in [4.78, 5) is 11.9. The Morgan fingerprint density at radius 3 is 2.54 bits per heavy atom. The molecule has 128 valence electrons. The zero-order valence-electron chi connectivity index (χ0n) is 13.3. The fraction of sp³-hybridized carbons (Fsp3) is 0.278. The van der Waals surface area contributed by atoms with Crippen molar-refractivity contribution in [3.8, 4) is 5.75 Å². The molecule has 1 atom stereocenters. The van der Waals surface area contributed by atoms with E-state index in [0.29, 0.717) is 5.56 Å². The second kappa shape index (κ2) is 7.88. The van der Waals surface area contributed by atoms with Crippen molar-refractivity contribution >= 4 is 5.91 Å². The fourth-order valence-corrected chi connectivity index (χ4v) is 2.20. The van der Waals surface area contributed by atoms with E-state index in [4.69, 9.17) is 4.74 Å². The number of hydrogen-bond acceptors (Lipinski definition) is 3. The van der Waals surface area contributed by atoms with Gasteiger partial charge in [-0.2, -0.15) is 0 Å². The Labute approximate surface area is 139 Å². The minimum atomic E-state index is -1.27. The van der Waals surface area contributed by atoms with E-state index in [9.17, 15) is 18.7 Å². The number of halogens is 2. The largest absolute Gasteiger partial charge is 0.492 e. The first-order valence-electron chi connectivity index (χ1n) is 7.51. The van der Waals surface area contributed by atoms with Gasteiger partial charge in [-0.05, 0) is 24.6 Å². The molecule has 0 fully saturated rings. The van der Waals surface area contributed by atoms with Crippen LogP contribution in [-0.2, 0) is 10.4 Å². The molecule has 0 bridgehead atoms. The number of aliphatic hydroxyl groups is 1. The lowest BCUT2D eigenvalue weighted by molar-refractivity contribution is -0.125. The van der Waals surface area contributed by atoms with E-state index < -0.39 is 17.2 Å². The Balaban J connectivity index is 1.76. The third-order valence-electron chi connectivity index (χ3n) is 3.48. The van der Waals surface area contributed by atoms with Crippen LogP contribution in [0.5, 0.6) is 5.75 Å². The van der Waals surface area contributed by atoms with Gasteiger partial charge in [0.15, 0.2) is 11.6 Å². The molecule has 0 aromatic heterocycles. The van der Waals surface area contributed by atoms with E-state index in [0.717, 1.165) is 12.1 Å². The molecule has 2 aromatic carbocycles. The maximum Gasteiger partial charge on any atom is 0.223 e. The van der Waals surface area contributed by atoms with Gasteiger partial charge in [0.2, 0.25) is 5.91 Å². The molecule has 0 radical (unpaired) electrons. The number of hydrogen-bond donors (Lipinski definition) is 2. The highest BCUT2D eigenvalue weighted by atomic mass is 19.2. The fourth-order valence-electron chi connectivity index (χ4n) is 2.20. The van der Waals surface area contributed by atoms with Gasteiger partial charge in [-0.1, -0.05) is 30.3 Å². The highest BCUT2D eigenvalue weighted by molar-refractivity contribution is 5.77. The van der Waals surface area contributed by atoms with Crippen LogP contribution in [0.4, 0.5) is 8.78 Å². The van der Waals surface area contributed by atoms with E-state index in [1.807, 2.05) is 6.07 Å². The first-order valence-corrected chi connectivity index (χ1v) is 7.51. The van der Waals surface area contributed by atoms with Gasteiger partial charge in [-0.3, -0.25) is 4.79 Å². The van der Waals surface area contributed by atoms with Crippen LogP contribution in [0.15, 0.2) is 48.5 Å². The monoisotopic (exact) mass is 335 g/mol. The number of nitrogens with one attached hydrogen (secondary N) is 1. The van der Waals surface area contributed by atoms with Gasteiger partial charge in [0.25, 0.3) is 0 Å². The molecule has 4 nitrogen and oxygen atoms in total. The van der Waals surface area contributed by atoms with Crippen molar-refractivity contribution in [2.45, 2.75) is 18.9 Å². The van der Waals surface area contributed by atoms with Gasteiger partial charge in [0.1, 0.15) is 12.4 Å². The Morgan fingerprint density at radius 1 is 1.17 bits per heavy atom. The normalized spacial score (nSPS) is 13.2. The Morgan fingerprint density at radius 2 is 1.88 bits per heavy atom. The van der Waals surface area contributed by atoms with Gasteiger partial charge in [0.05, 0.1) is 18.6 Å². The minimum absolute atomic E-state index is 0.0950. The van der Waals surface area contributed by atoms with Crippen molar-refractivity contribution in [3.63, 3.8) is 0 Å². The lowest BCUT2D eigenvalue weighted by Gasteiger charge is -2.23. The second-order valence-electron chi connectivity index (χ2n) is 5.59. The van der Waals surface area contributed by atoms with Crippen molar-refractivity contribution in [3.05, 3.63) is 65.7 Å². The first kappa shape index (κ1) is 17.9. The predicted molar refractivity (Wildman–Crippen MR) is 85.5 cm³/mol. The molecular formula is C18H19F2NO3. The predicted octanol–water partition coefficient (Wildman–Crippen LogP) is 2.76. The number of benzene rings is 2. The number of carbonyl (C=O) groups excluding carboxylic acids is 1. The van der Waals surface area contributed by atoms with E-state index in [-0.39, 0.29) is 31.2 Å². The summed E-state index contributed by atoms with van der Waals surface area (Å²) in [5, 5.41) is 13.0. The number of amides is 1. The van der Waals surface area contributed by atoms with Crippen LogP contribution in [0, 0.1) is 11.6 Å². The summed E-state index contributed by atoms with van der Waals surface area (Å²) in [6.45, 7) is 1.85. The highest BCUT2D eigenvalue weighted by Crippen LogP contribution is 2.23. The molecule has 6 heteroatoms. The molecule has 0 aliphatic carbocycles. The van der Waals surface area contributed by atoms with Crippen molar-refractivity contribution in [1.82, 2.24) is 5.32 Å². The van der Waals surface area contributed by atoms with Crippen LogP contribution in [0.1, 0.15) is 18.9 Å². The maximum absolute atomic E-state index is 13.0. The van der Waals surface area contributed by atoms with Crippen LogP contribution < -0.4 is 10.1 Å². The number of carbonyl (C=O) groups is 1. The van der Waals surface area contributed by atoms with Gasteiger partial charge in [0, 0.05) is 6.07 Å². The zero-order valence-corrected chi connectivity index (χ0v) is 13.3. The lowest BCUT2D eigenvalue weighted by atomic mass is 9.92. The summed E-state index contributed by atoms with van der Waals surface area (Å²) >= 11 is 0. The topological polar surface area (TPSA) is 58.6 Å². The number of ether oxygens (including phenoxy) is 1. The maximum atomic E-state index is 13.0. The third-order valence-corrected chi connectivity index (χ3v) is 3.48. The van der Waals surface area contributed by atoms with E-state index in [1.54, 1.807) is 31.2 Å². The van der Waals surface area contributed by atoms with Crippen molar-refractivity contribution < 1.29 is 23.4 Å². The molecule has 0 heterocycles.